The molecule has 3 aromatic rings. The van der Waals surface area contributed by atoms with Crippen molar-refractivity contribution < 1.29 is 9.59 Å². The smallest absolute Gasteiger partial charge is 0.245 e. The highest BCUT2D eigenvalue weighted by Gasteiger charge is 2.28. The number of para-hydroxylation sites is 1. The molecule has 3 aromatic carbocycles. The Bertz CT molecular complexity index is 1140. The van der Waals surface area contributed by atoms with Crippen molar-refractivity contribution in [2.45, 2.75) is 37.1 Å². The van der Waals surface area contributed by atoms with Gasteiger partial charge in [-0.1, -0.05) is 53.7 Å². The Morgan fingerprint density at radius 1 is 0.933 bits per heavy atom. The largest absolute Gasteiger partial charge is 0.304 e. The van der Waals surface area contributed by atoms with E-state index in [0.717, 1.165) is 21.2 Å². The number of anilines is 2. The first-order chi connectivity index (χ1) is 14.4. The Balaban J connectivity index is 1.60. The summed E-state index contributed by atoms with van der Waals surface area (Å²) >= 11 is 1.62. The third-order valence-corrected chi connectivity index (χ3v) is 6.40. The van der Waals surface area contributed by atoms with Crippen LogP contribution in [0.1, 0.15) is 34.0 Å². The third-order valence-electron chi connectivity index (χ3n) is 5.27. The minimum Gasteiger partial charge on any atom is -0.304 e. The van der Waals surface area contributed by atoms with Gasteiger partial charge < -0.3 is 5.32 Å². The van der Waals surface area contributed by atoms with Crippen LogP contribution in [0, 0.1) is 13.8 Å². The first-order valence-corrected chi connectivity index (χ1v) is 10.8. The standard InChI is InChI=1S/C25H24N2O2S/c1-16-8-9-20(17(2)12-16)14-26-15-25(29)27-21-6-4-5-7-23(21)30-24-11-10-19(18(3)28)13-22(24)27/h4-13,26H,14-15H2,1-3H3. The Labute approximate surface area is 181 Å². The molecule has 4 rings (SSSR count). The molecule has 1 heterocycles. The predicted molar refractivity (Wildman–Crippen MR) is 122 cm³/mol. The molecule has 0 unspecified atom stereocenters. The molecule has 0 aromatic heterocycles. The van der Waals surface area contributed by atoms with E-state index in [4.69, 9.17) is 0 Å². The number of Topliss-reactive ketones (excluding diaryl/α,β-unsaturated/α-hetero) is 1. The topological polar surface area (TPSA) is 49.4 Å². The highest BCUT2D eigenvalue weighted by atomic mass is 32.2. The molecular weight excluding hydrogens is 392 g/mol. The van der Waals surface area contributed by atoms with Crippen LogP contribution in [0.15, 0.2) is 70.5 Å². The number of ketones is 1. The fraction of sp³-hybridized carbons (Fsp3) is 0.200. The van der Waals surface area contributed by atoms with Crippen molar-refractivity contribution in [1.82, 2.24) is 5.32 Å². The summed E-state index contributed by atoms with van der Waals surface area (Å²) in [4.78, 5) is 29.0. The number of hydrogen-bond donors (Lipinski definition) is 1. The van der Waals surface area contributed by atoms with Gasteiger partial charge in [0, 0.05) is 21.9 Å². The summed E-state index contributed by atoms with van der Waals surface area (Å²) in [6, 6.07) is 19.8. The molecule has 0 spiro atoms. The molecule has 1 aliphatic rings. The number of rotatable bonds is 5. The number of fused-ring (bicyclic) bond motifs is 2. The van der Waals surface area contributed by atoms with E-state index in [1.807, 2.05) is 42.5 Å². The number of nitrogens with zero attached hydrogens (tertiary/aromatic N) is 1. The van der Waals surface area contributed by atoms with Crippen molar-refractivity contribution in [3.05, 3.63) is 82.9 Å². The van der Waals surface area contributed by atoms with E-state index in [1.165, 1.54) is 16.7 Å². The van der Waals surface area contributed by atoms with Crippen LogP contribution in [-0.2, 0) is 11.3 Å². The molecule has 1 aliphatic heterocycles. The van der Waals surface area contributed by atoms with Gasteiger partial charge in [-0.2, -0.15) is 0 Å². The molecule has 4 nitrogen and oxygen atoms in total. The Morgan fingerprint density at radius 2 is 1.70 bits per heavy atom. The lowest BCUT2D eigenvalue weighted by atomic mass is 10.1. The first kappa shape index (κ1) is 20.4. The monoisotopic (exact) mass is 416 g/mol. The van der Waals surface area contributed by atoms with Gasteiger partial charge in [-0.05, 0) is 56.2 Å². The number of aryl methyl sites for hydroxylation is 2. The molecule has 0 radical (unpaired) electrons. The van der Waals surface area contributed by atoms with Gasteiger partial charge in [0.1, 0.15) is 0 Å². The lowest BCUT2D eigenvalue weighted by Gasteiger charge is -2.31. The average molecular weight is 417 g/mol. The van der Waals surface area contributed by atoms with Crippen LogP contribution >= 0.6 is 11.8 Å². The van der Waals surface area contributed by atoms with Crippen LogP contribution in [0.3, 0.4) is 0 Å². The molecule has 30 heavy (non-hydrogen) atoms. The minimum absolute atomic E-state index is 0.0120. The molecule has 0 saturated carbocycles. The van der Waals surface area contributed by atoms with Gasteiger partial charge in [0.25, 0.3) is 0 Å². The van der Waals surface area contributed by atoms with E-state index in [0.29, 0.717) is 12.1 Å². The van der Waals surface area contributed by atoms with Crippen LogP contribution in [0.4, 0.5) is 11.4 Å². The summed E-state index contributed by atoms with van der Waals surface area (Å²) in [6.45, 7) is 6.54. The van der Waals surface area contributed by atoms with Crippen molar-refractivity contribution >= 4 is 34.8 Å². The SMILES string of the molecule is CC(=O)c1ccc2c(c1)N(C(=O)CNCc1ccc(C)cc1C)c1ccccc1S2. The maximum Gasteiger partial charge on any atom is 0.245 e. The maximum atomic E-state index is 13.3. The average Bonchev–Trinajstić information content (AvgIpc) is 2.73. The van der Waals surface area contributed by atoms with E-state index >= 15 is 0 Å². The second-order valence-corrected chi connectivity index (χ2v) is 8.65. The van der Waals surface area contributed by atoms with Gasteiger partial charge in [-0.25, -0.2) is 0 Å². The normalized spacial score (nSPS) is 12.3. The Morgan fingerprint density at radius 3 is 2.47 bits per heavy atom. The minimum atomic E-state index is -0.0468. The highest BCUT2D eigenvalue weighted by Crippen LogP contribution is 2.48. The van der Waals surface area contributed by atoms with Gasteiger partial charge in [0.15, 0.2) is 5.78 Å². The Hall–Kier alpha value is -2.89. The fourth-order valence-corrected chi connectivity index (χ4v) is 4.71. The van der Waals surface area contributed by atoms with Crippen molar-refractivity contribution in [3.8, 4) is 0 Å². The van der Waals surface area contributed by atoms with Gasteiger partial charge in [0.05, 0.1) is 17.9 Å². The zero-order valence-electron chi connectivity index (χ0n) is 17.4. The maximum absolute atomic E-state index is 13.3. The second-order valence-electron chi connectivity index (χ2n) is 7.57. The molecule has 152 valence electrons. The quantitative estimate of drug-likeness (QED) is 0.564. The molecule has 0 aliphatic carbocycles. The molecule has 0 atom stereocenters. The zero-order chi connectivity index (χ0) is 21.3. The van der Waals surface area contributed by atoms with E-state index in [2.05, 4.69) is 37.4 Å². The van der Waals surface area contributed by atoms with E-state index in [-0.39, 0.29) is 18.2 Å². The van der Waals surface area contributed by atoms with Crippen LogP contribution in [-0.4, -0.2) is 18.2 Å². The van der Waals surface area contributed by atoms with Gasteiger partial charge >= 0.3 is 0 Å². The molecule has 0 saturated heterocycles. The second kappa shape index (κ2) is 8.46. The molecule has 0 fully saturated rings. The van der Waals surface area contributed by atoms with Crippen LogP contribution in [0.5, 0.6) is 0 Å². The fourth-order valence-electron chi connectivity index (χ4n) is 3.67. The van der Waals surface area contributed by atoms with E-state index < -0.39 is 0 Å². The number of carbonyl (C=O) groups excluding carboxylic acids is 2. The summed E-state index contributed by atoms with van der Waals surface area (Å²) in [7, 11) is 0. The van der Waals surface area contributed by atoms with Gasteiger partial charge in [-0.3, -0.25) is 14.5 Å². The van der Waals surface area contributed by atoms with Crippen molar-refractivity contribution in [2.24, 2.45) is 0 Å². The van der Waals surface area contributed by atoms with Gasteiger partial charge in [0.2, 0.25) is 5.91 Å². The summed E-state index contributed by atoms with van der Waals surface area (Å²) in [5.74, 6) is -0.0588. The van der Waals surface area contributed by atoms with E-state index in [1.54, 1.807) is 23.6 Å². The summed E-state index contributed by atoms with van der Waals surface area (Å²) in [5, 5.41) is 3.29. The molecule has 1 amide bonds. The van der Waals surface area contributed by atoms with Crippen molar-refractivity contribution in [3.63, 3.8) is 0 Å². The summed E-state index contributed by atoms with van der Waals surface area (Å²) in [5.41, 5.74) is 5.86. The van der Waals surface area contributed by atoms with Crippen LogP contribution in [0.2, 0.25) is 0 Å². The third kappa shape index (κ3) is 4.04. The highest BCUT2D eigenvalue weighted by molar-refractivity contribution is 7.99. The first-order valence-electron chi connectivity index (χ1n) is 9.95. The number of amides is 1. The lowest BCUT2D eigenvalue weighted by molar-refractivity contribution is -0.117. The summed E-state index contributed by atoms with van der Waals surface area (Å²) < 4.78 is 0. The lowest BCUT2D eigenvalue weighted by Crippen LogP contribution is -2.36. The van der Waals surface area contributed by atoms with Crippen molar-refractivity contribution in [1.29, 1.82) is 0 Å². The summed E-state index contributed by atoms with van der Waals surface area (Å²) in [6.07, 6.45) is 0. The Kier molecular flexibility index (Phi) is 5.75. The van der Waals surface area contributed by atoms with E-state index in [9.17, 15) is 9.59 Å². The molecular formula is C25H24N2O2S. The number of hydrogen-bond acceptors (Lipinski definition) is 4. The number of carbonyl (C=O) groups is 2. The van der Waals surface area contributed by atoms with Gasteiger partial charge in [-0.15, -0.1) is 0 Å². The predicted octanol–water partition coefficient (Wildman–Crippen LogP) is 5.43. The van der Waals surface area contributed by atoms with Crippen LogP contribution in [0.25, 0.3) is 0 Å². The molecule has 1 N–H and O–H groups in total. The van der Waals surface area contributed by atoms with Crippen LogP contribution < -0.4 is 10.2 Å². The zero-order valence-corrected chi connectivity index (χ0v) is 18.2. The number of benzene rings is 3. The molecule has 0 bridgehead atoms. The molecule has 5 heteroatoms. The van der Waals surface area contributed by atoms with Crippen molar-refractivity contribution in [2.75, 3.05) is 11.4 Å². The number of nitrogens with one attached hydrogen (secondary N) is 1.